The molecule has 0 fully saturated rings. The molecule has 0 aliphatic rings. The maximum Gasteiger partial charge on any atom is 0.186 e. The number of fused-ring (bicyclic) bond motifs is 1. The summed E-state index contributed by atoms with van der Waals surface area (Å²) in [5, 5.41) is 3.70. The SMILES string of the molecule is CC(C)(C)c1ccc(-[s+]2ccc3ccccc32)cc1. The van der Waals surface area contributed by atoms with Gasteiger partial charge in [-0.05, 0) is 35.2 Å². The van der Waals surface area contributed by atoms with Crippen molar-refractivity contribution in [2.24, 2.45) is 0 Å². The van der Waals surface area contributed by atoms with Crippen LogP contribution < -0.4 is 0 Å². The third-order valence-corrected chi connectivity index (χ3v) is 5.55. The summed E-state index contributed by atoms with van der Waals surface area (Å²) < 4.78 is 1.45. The molecule has 1 heterocycles. The van der Waals surface area contributed by atoms with Gasteiger partial charge in [0.2, 0.25) is 0 Å². The Kier molecular flexibility index (Phi) is 2.94. The standard InChI is InChI=1S/C18H19S/c1-18(2,3)15-8-10-16(11-9-15)19-13-12-14-6-4-5-7-17(14)19/h4-13H,1-3H3/q+1. The zero-order chi connectivity index (χ0) is 13.5. The van der Waals surface area contributed by atoms with Crippen LogP contribution in [-0.4, -0.2) is 0 Å². The van der Waals surface area contributed by atoms with Crippen LogP contribution in [0.25, 0.3) is 15.0 Å². The van der Waals surface area contributed by atoms with Crippen molar-refractivity contribution in [3.63, 3.8) is 0 Å². The highest BCUT2D eigenvalue weighted by Gasteiger charge is 2.17. The van der Waals surface area contributed by atoms with E-state index in [1.54, 1.807) is 0 Å². The van der Waals surface area contributed by atoms with E-state index >= 15 is 0 Å². The number of thiophene rings is 1. The van der Waals surface area contributed by atoms with E-state index in [4.69, 9.17) is 0 Å². The Labute approximate surface area is 117 Å². The van der Waals surface area contributed by atoms with Gasteiger partial charge >= 0.3 is 0 Å². The van der Waals surface area contributed by atoms with E-state index in [0.717, 1.165) is 0 Å². The van der Waals surface area contributed by atoms with Crippen LogP contribution in [0.1, 0.15) is 26.3 Å². The van der Waals surface area contributed by atoms with Crippen LogP contribution in [0.5, 0.6) is 0 Å². The molecule has 3 aromatic rings. The van der Waals surface area contributed by atoms with Crippen LogP contribution in [0, 0.1) is 0 Å². The summed E-state index contributed by atoms with van der Waals surface area (Å²) in [6, 6.07) is 20.1. The van der Waals surface area contributed by atoms with Crippen LogP contribution >= 0.6 is 10.5 Å². The summed E-state index contributed by atoms with van der Waals surface area (Å²) in [6.07, 6.45) is 0. The topological polar surface area (TPSA) is 0 Å². The van der Waals surface area contributed by atoms with Crippen molar-refractivity contribution in [1.82, 2.24) is 0 Å². The van der Waals surface area contributed by atoms with E-state index in [2.05, 4.69) is 80.7 Å². The van der Waals surface area contributed by atoms with Crippen molar-refractivity contribution in [3.05, 3.63) is 65.5 Å². The first-order valence-corrected chi connectivity index (χ1v) is 7.95. The molecule has 1 heteroatoms. The molecule has 2 aromatic carbocycles. The maximum absolute atomic E-state index is 2.33. The van der Waals surface area contributed by atoms with E-state index in [1.165, 1.54) is 20.5 Å². The highest BCUT2D eigenvalue weighted by atomic mass is 32.2. The fourth-order valence-corrected chi connectivity index (χ4v) is 4.23. The molecule has 19 heavy (non-hydrogen) atoms. The molecule has 0 saturated carbocycles. The summed E-state index contributed by atoms with van der Waals surface area (Å²) in [7, 11) is 0.119. The monoisotopic (exact) mass is 267 g/mol. The Hall–Kier alpha value is -1.60. The maximum atomic E-state index is 2.33. The van der Waals surface area contributed by atoms with Crippen LogP contribution in [0.2, 0.25) is 0 Å². The average Bonchev–Trinajstić information content (AvgIpc) is 2.82. The van der Waals surface area contributed by atoms with Crippen LogP contribution in [-0.2, 0) is 5.41 Å². The van der Waals surface area contributed by atoms with Gasteiger partial charge in [0.15, 0.2) is 9.60 Å². The molecule has 0 N–H and O–H groups in total. The zero-order valence-electron chi connectivity index (χ0n) is 11.7. The molecule has 96 valence electrons. The smallest absolute Gasteiger partial charge is 0.0613 e. The van der Waals surface area contributed by atoms with Crippen molar-refractivity contribution >= 4 is 20.6 Å². The van der Waals surface area contributed by atoms with Crippen molar-refractivity contribution in [3.8, 4) is 4.90 Å². The van der Waals surface area contributed by atoms with Gasteiger partial charge < -0.3 is 0 Å². The Balaban J connectivity index is 2.07. The molecule has 1 atom stereocenters. The third kappa shape index (κ3) is 2.31. The van der Waals surface area contributed by atoms with Gasteiger partial charge in [0.25, 0.3) is 0 Å². The van der Waals surface area contributed by atoms with E-state index in [1.807, 2.05) is 0 Å². The van der Waals surface area contributed by atoms with Crippen LogP contribution in [0.4, 0.5) is 0 Å². The fourth-order valence-electron chi connectivity index (χ4n) is 2.34. The quantitative estimate of drug-likeness (QED) is 0.483. The van der Waals surface area contributed by atoms with Gasteiger partial charge in [-0.1, -0.05) is 45.0 Å². The average molecular weight is 267 g/mol. The van der Waals surface area contributed by atoms with Gasteiger partial charge in [-0.25, -0.2) is 0 Å². The molecule has 0 aliphatic carbocycles. The number of hydrogen-bond acceptors (Lipinski definition) is 0. The molecular weight excluding hydrogens is 248 g/mol. The summed E-state index contributed by atoms with van der Waals surface area (Å²) in [4.78, 5) is 1.41. The molecule has 1 aromatic heterocycles. The molecule has 0 nitrogen and oxygen atoms in total. The number of hydrogen-bond donors (Lipinski definition) is 0. The largest absolute Gasteiger partial charge is 0.186 e. The number of benzene rings is 2. The Morgan fingerprint density at radius 1 is 0.789 bits per heavy atom. The highest BCUT2D eigenvalue weighted by Crippen LogP contribution is 2.40. The van der Waals surface area contributed by atoms with Crippen molar-refractivity contribution in [1.29, 1.82) is 0 Å². The molecule has 0 bridgehead atoms. The Bertz CT molecular complexity index is 696. The van der Waals surface area contributed by atoms with Gasteiger partial charge in [-0.2, -0.15) is 0 Å². The second-order valence-electron chi connectivity index (χ2n) is 5.95. The Morgan fingerprint density at radius 2 is 1.47 bits per heavy atom. The van der Waals surface area contributed by atoms with E-state index in [-0.39, 0.29) is 15.9 Å². The third-order valence-electron chi connectivity index (χ3n) is 3.51. The predicted octanol–water partition coefficient (Wildman–Crippen LogP) is 5.88. The minimum absolute atomic E-state index is 0.119. The van der Waals surface area contributed by atoms with E-state index in [0.29, 0.717) is 0 Å². The molecule has 0 aliphatic heterocycles. The lowest BCUT2D eigenvalue weighted by Gasteiger charge is -2.18. The minimum atomic E-state index is 0.119. The van der Waals surface area contributed by atoms with Crippen LogP contribution in [0.15, 0.2) is 60.0 Å². The predicted molar refractivity (Wildman–Crippen MR) is 86.5 cm³/mol. The van der Waals surface area contributed by atoms with Crippen molar-refractivity contribution in [2.75, 3.05) is 0 Å². The molecular formula is C18H19S+. The first-order valence-electron chi connectivity index (χ1n) is 6.66. The summed E-state index contributed by atoms with van der Waals surface area (Å²) in [5.41, 5.74) is 1.63. The molecule has 1 unspecified atom stereocenters. The molecule has 0 saturated heterocycles. The van der Waals surface area contributed by atoms with Gasteiger partial charge in [-0.15, -0.1) is 0 Å². The highest BCUT2D eigenvalue weighted by molar-refractivity contribution is 7.43. The van der Waals surface area contributed by atoms with Gasteiger partial charge in [-0.3, -0.25) is 0 Å². The molecule has 3 rings (SSSR count). The zero-order valence-corrected chi connectivity index (χ0v) is 12.5. The summed E-state index contributed by atoms with van der Waals surface area (Å²) >= 11 is 0. The second-order valence-corrected chi connectivity index (χ2v) is 7.81. The van der Waals surface area contributed by atoms with Crippen molar-refractivity contribution in [2.45, 2.75) is 26.2 Å². The molecule has 0 spiro atoms. The summed E-state index contributed by atoms with van der Waals surface area (Å²) in [5.74, 6) is 0. The van der Waals surface area contributed by atoms with E-state index in [9.17, 15) is 0 Å². The van der Waals surface area contributed by atoms with Gasteiger partial charge in [0.05, 0.1) is 0 Å². The lowest BCUT2D eigenvalue weighted by Crippen LogP contribution is -2.10. The molecule has 0 amide bonds. The normalized spacial score (nSPS) is 12.9. The Morgan fingerprint density at radius 3 is 2.16 bits per heavy atom. The van der Waals surface area contributed by atoms with E-state index < -0.39 is 0 Å². The second kappa shape index (κ2) is 4.50. The van der Waals surface area contributed by atoms with Gasteiger partial charge in [0.1, 0.15) is 5.38 Å². The van der Waals surface area contributed by atoms with Gasteiger partial charge in [0, 0.05) is 21.9 Å². The number of rotatable bonds is 1. The van der Waals surface area contributed by atoms with Crippen molar-refractivity contribution < 1.29 is 0 Å². The minimum Gasteiger partial charge on any atom is -0.0613 e. The lowest BCUT2D eigenvalue weighted by atomic mass is 9.87. The van der Waals surface area contributed by atoms with Crippen LogP contribution in [0.3, 0.4) is 0 Å². The fraction of sp³-hybridized carbons (Fsp3) is 0.222. The summed E-state index contributed by atoms with van der Waals surface area (Å²) in [6.45, 7) is 6.78. The first-order chi connectivity index (χ1) is 9.05. The lowest BCUT2D eigenvalue weighted by molar-refractivity contribution is 0.590. The molecule has 0 radical (unpaired) electrons. The first kappa shape index (κ1) is 12.4.